The van der Waals surface area contributed by atoms with Crippen LogP contribution in [0.1, 0.15) is 96.6 Å². The average molecular weight is 879 g/mol. The highest BCUT2D eigenvalue weighted by Gasteiger charge is 2.64. The van der Waals surface area contributed by atoms with E-state index in [0.29, 0.717) is 81.5 Å². The maximum atomic E-state index is 14.0. The summed E-state index contributed by atoms with van der Waals surface area (Å²) in [5.74, 6) is -3.32. The fraction of sp³-hybridized carbons (Fsp3) is 0.480. The highest BCUT2D eigenvalue weighted by Crippen LogP contribution is 2.59. The molecule has 4 saturated heterocycles. The standard InChI is InChI=1S/C50H56N2O12/c1-28(53)61-44-11-7-9-32-17-34(46(23-42(32)44)63-30(3)55)26-51(5)38-13-14-39(51)20-36(19-38)50(49(59)60,25-48(57)58)37-21-40-15-16-41(22-37)52(40,6)27-35-18-33-10-8-12-45(62-29(2)54)43(33)24-47(35)64-31(4)56/h7-12,17-18,23-24,36-41H,13-16,19-22,25-27H2,1-6H3/p+2. The molecule has 8 rings (SSSR count). The topological polar surface area (TPSA) is 180 Å². The summed E-state index contributed by atoms with van der Waals surface area (Å²) in [6.45, 7) is 6.37. The number of esters is 4. The van der Waals surface area contributed by atoms with E-state index in [1.54, 1.807) is 36.4 Å². The molecule has 14 heteroatoms. The SMILES string of the molecule is CC(=O)Oc1cc2c(OC(C)=O)cccc2cc1C[N+]1(C)C2CCC1CC(C(CC(=O)O)(C(=O)O)C1CC3CCC(C1)[N+]3(C)Cc1cc3cccc(OC(C)=O)c3cc1OC(C)=O)C2. The maximum absolute atomic E-state index is 14.0. The van der Waals surface area contributed by atoms with Crippen LogP contribution in [0.25, 0.3) is 21.5 Å². The van der Waals surface area contributed by atoms with Gasteiger partial charge in [0, 0.05) is 101 Å². The average Bonchev–Trinajstić information content (AvgIpc) is 3.43. The van der Waals surface area contributed by atoms with Crippen LogP contribution in [0.15, 0.2) is 60.7 Å². The fourth-order valence-corrected chi connectivity index (χ4v) is 12.8. The summed E-state index contributed by atoms with van der Waals surface area (Å²) in [4.78, 5) is 75.6. The van der Waals surface area contributed by atoms with Gasteiger partial charge in [0.1, 0.15) is 36.1 Å². The van der Waals surface area contributed by atoms with Crippen molar-refractivity contribution in [2.75, 3.05) is 14.1 Å². The highest BCUT2D eigenvalue weighted by molar-refractivity contribution is 5.94. The summed E-state index contributed by atoms with van der Waals surface area (Å²) in [6, 6.07) is 18.4. The maximum Gasteiger partial charge on any atom is 0.310 e. The third kappa shape index (κ3) is 8.10. The number of quaternary nitrogens is 2. The Morgan fingerprint density at radius 2 is 0.891 bits per heavy atom. The van der Waals surface area contributed by atoms with Crippen molar-refractivity contribution in [2.24, 2.45) is 17.3 Å². The van der Waals surface area contributed by atoms with Crippen molar-refractivity contribution in [1.29, 1.82) is 0 Å². The van der Waals surface area contributed by atoms with Crippen molar-refractivity contribution in [3.8, 4) is 23.0 Å². The lowest BCUT2D eigenvalue weighted by Crippen LogP contribution is -2.63. The van der Waals surface area contributed by atoms with Gasteiger partial charge in [-0.1, -0.05) is 24.3 Å². The number of aliphatic carboxylic acids is 2. The number of carbonyl (C=O) groups is 6. The van der Waals surface area contributed by atoms with Crippen LogP contribution >= 0.6 is 0 Å². The Morgan fingerprint density at radius 3 is 1.20 bits per heavy atom. The molecule has 0 aromatic heterocycles. The van der Waals surface area contributed by atoms with Crippen molar-refractivity contribution in [3.05, 3.63) is 71.8 Å². The van der Waals surface area contributed by atoms with Crippen LogP contribution in [0, 0.1) is 17.3 Å². The molecule has 0 saturated carbocycles. The minimum atomic E-state index is -1.48. The van der Waals surface area contributed by atoms with Crippen LogP contribution in [-0.2, 0) is 41.9 Å². The van der Waals surface area contributed by atoms with Crippen molar-refractivity contribution in [2.45, 2.75) is 123 Å². The van der Waals surface area contributed by atoms with E-state index < -0.39 is 47.7 Å². The van der Waals surface area contributed by atoms with Gasteiger partial charge in [-0.3, -0.25) is 28.8 Å². The van der Waals surface area contributed by atoms with Crippen LogP contribution in [0.5, 0.6) is 23.0 Å². The molecule has 14 nitrogen and oxygen atoms in total. The molecule has 4 heterocycles. The molecule has 4 aliphatic heterocycles. The molecule has 4 atom stereocenters. The molecule has 4 aromatic carbocycles. The zero-order valence-corrected chi connectivity index (χ0v) is 37.4. The Morgan fingerprint density at radius 1 is 0.547 bits per heavy atom. The number of carboxylic acid groups (broad SMARTS) is 2. The van der Waals surface area contributed by atoms with E-state index in [0.717, 1.165) is 47.6 Å². The predicted octanol–water partition coefficient (Wildman–Crippen LogP) is 7.72. The molecule has 0 radical (unpaired) electrons. The van der Waals surface area contributed by atoms with E-state index >= 15 is 0 Å². The first-order chi connectivity index (χ1) is 30.3. The Bertz CT molecular complexity index is 2400. The Balaban J connectivity index is 1.09. The van der Waals surface area contributed by atoms with E-state index in [1.165, 1.54) is 27.7 Å². The lowest BCUT2D eigenvalue weighted by Gasteiger charge is -2.55. The first-order valence-electron chi connectivity index (χ1n) is 22.3. The Kier molecular flexibility index (Phi) is 11.8. The number of carbonyl (C=O) groups excluding carboxylic acids is 4. The smallest absolute Gasteiger partial charge is 0.310 e. The van der Waals surface area contributed by atoms with Gasteiger partial charge >= 0.3 is 35.8 Å². The van der Waals surface area contributed by atoms with Gasteiger partial charge < -0.3 is 38.1 Å². The van der Waals surface area contributed by atoms with Crippen LogP contribution in [-0.4, -0.2) is 93.3 Å². The third-order valence-corrected chi connectivity index (χ3v) is 15.6. The number of fused-ring (bicyclic) bond motifs is 6. The van der Waals surface area contributed by atoms with Gasteiger partial charge in [-0.15, -0.1) is 0 Å². The number of ether oxygens (including phenoxy) is 4. The molecular weight excluding hydrogens is 821 g/mol. The fourth-order valence-electron chi connectivity index (χ4n) is 12.8. The van der Waals surface area contributed by atoms with Gasteiger partial charge in [-0.05, 0) is 59.0 Å². The molecule has 4 unspecified atom stereocenters. The predicted molar refractivity (Wildman–Crippen MR) is 234 cm³/mol. The van der Waals surface area contributed by atoms with Gasteiger partial charge in [-0.2, -0.15) is 0 Å². The third-order valence-electron chi connectivity index (χ3n) is 15.6. The van der Waals surface area contributed by atoms with Crippen LogP contribution in [0.4, 0.5) is 0 Å². The molecule has 64 heavy (non-hydrogen) atoms. The first kappa shape index (κ1) is 44.7. The summed E-state index contributed by atoms with van der Waals surface area (Å²) in [6.07, 6.45) is 5.18. The Hall–Kier alpha value is -5.86. The number of carboxylic acids is 2. The second-order valence-corrected chi connectivity index (χ2v) is 19.3. The normalized spacial score (nSPS) is 28.0. The van der Waals surface area contributed by atoms with Gasteiger partial charge in [-0.25, -0.2) is 0 Å². The van der Waals surface area contributed by atoms with Crippen molar-refractivity contribution < 1.29 is 66.9 Å². The van der Waals surface area contributed by atoms with E-state index in [-0.39, 0.29) is 36.0 Å². The van der Waals surface area contributed by atoms with E-state index in [4.69, 9.17) is 18.9 Å². The molecule has 0 aliphatic carbocycles. The van der Waals surface area contributed by atoms with Crippen LogP contribution < -0.4 is 18.9 Å². The number of benzene rings is 4. The number of nitrogens with zero attached hydrogens (tertiary/aromatic N) is 2. The second kappa shape index (κ2) is 16.9. The van der Waals surface area contributed by atoms with Crippen LogP contribution in [0.2, 0.25) is 0 Å². The summed E-state index contributed by atoms with van der Waals surface area (Å²) in [5.41, 5.74) is 0.135. The molecule has 338 valence electrons. The summed E-state index contributed by atoms with van der Waals surface area (Å²) >= 11 is 0. The number of hydrogen-bond acceptors (Lipinski definition) is 10. The van der Waals surface area contributed by atoms with Crippen molar-refractivity contribution in [3.63, 3.8) is 0 Å². The Labute approximate surface area is 372 Å². The quantitative estimate of drug-likeness (QED) is 0.0760. The molecule has 4 aromatic rings. The second-order valence-electron chi connectivity index (χ2n) is 19.3. The van der Waals surface area contributed by atoms with E-state index in [2.05, 4.69) is 14.1 Å². The highest BCUT2D eigenvalue weighted by atomic mass is 16.5. The monoisotopic (exact) mass is 878 g/mol. The molecule has 2 N–H and O–H groups in total. The zero-order valence-electron chi connectivity index (χ0n) is 37.4. The van der Waals surface area contributed by atoms with E-state index in [1.807, 2.05) is 24.3 Å². The van der Waals surface area contributed by atoms with Crippen molar-refractivity contribution >= 4 is 57.4 Å². The molecule has 0 amide bonds. The first-order valence-corrected chi connectivity index (χ1v) is 22.3. The molecule has 4 fully saturated rings. The van der Waals surface area contributed by atoms with E-state index in [9.17, 15) is 39.0 Å². The lowest BCUT2D eigenvalue weighted by molar-refractivity contribution is -0.963. The number of rotatable bonds is 13. The van der Waals surface area contributed by atoms with Gasteiger partial charge in [0.15, 0.2) is 0 Å². The van der Waals surface area contributed by atoms with Gasteiger partial charge in [0.2, 0.25) is 0 Å². The van der Waals surface area contributed by atoms with Gasteiger partial charge in [0.05, 0.1) is 50.1 Å². The summed E-state index contributed by atoms with van der Waals surface area (Å²) in [5, 5.41) is 24.9. The summed E-state index contributed by atoms with van der Waals surface area (Å²) in [7, 11) is 4.38. The van der Waals surface area contributed by atoms with Crippen molar-refractivity contribution in [1.82, 2.24) is 0 Å². The van der Waals surface area contributed by atoms with Gasteiger partial charge in [0.25, 0.3) is 0 Å². The summed E-state index contributed by atoms with van der Waals surface area (Å²) < 4.78 is 23.7. The number of piperidine rings is 2. The number of hydrogen-bond donors (Lipinski definition) is 2. The van der Waals surface area contributed by atoms with Crippen LogP contribution in [0.3, 0.4) is 0 Å². The molecule has 4 bridgehead atoms. The minimum absolute atomic E-state index is 0.0415. The molecule has 0 spiro atoms. The molecule has 4 aliphatic rings. The lowest BCUT2D eigenvalue weighted by atomic mass is 9.57. The largest absolute Gasteiger partial charge is 0.481 e. The molecular formula is C50H58N2O12+2. The zero-order chi connectivity index (χ0) is 45.9. The minimum Gasteiger partial charge on any atom is -0.481 e.